The Morgan fingerprint density at radius 1 is 1.17 bits per heavy atom. The number of fused-ring (bicyclic) bond motifs is 1. The molecule has 116 valence electrons. The summed E-state index contributed by atoms with van der Waals surface area (Å²) in [5.41, 5.74) is 2.07. The first-order valence-electron chi connectivity index (χ1n) is 7.00. The van der Waals surface area contributed by atoms with E-state index in [0.29, 0.717) is 11.3 Å². The summed E-state index contributed by atoms with van der Waals surface area (Å²) < 4.78 is 14.3. The van der Waals surface area contributed by atoms with Gasteiger partial charge in [-0.3, -0.25) is 9.67 Å². The van der Waals surface area contributed by atoms with Crippen LogP contribution >= 0.6 is 28.1 Å². The minimum Gasteiger partial charge on any atom is -0.454 e. The number of hydrogen-bond acceptors (Lipinski definition) is 4. The van der Waals surface area contributed by atoms with Crippen LogP contribution in [0.25, 0.3) is 11.4 Å². The first kappa shape index (κ1) is 14.5. The molecule has 1 aliphatic rings. The molecule has 2 aromatic carbocycles. The van der Waals surface area contributed by atoms with E-state index >= 15 is 0 Å². The standard InChI is InChI=1S/C16H12BrN3O2S/c17-12-3-1-2-11(7-12)15-18-19-16(23)20(15)8-10-4-5-13-14(6-10)22-9-21-13/h1-7H,8-9H2,(H,19,23). The van der Waals surface area contributed by atoms with Crippen LogP contribution in [0.3, 0.4) is 0 Å². The van der Waals surface area contributed by atoms with Gasteiger partial charge in [-0.05, 0) is 42.0 Å². The summed E-state index contributed by atoms with van der Waals surface area (Å²) in [7, 11) is 0. The number of ether oxygens (including phenoxy) is 2. The number of H-pyrrole nitrogens is 1. The summed E-state index contributed by atoms with van der Waals surface area (Å²) in [6.07, 6.45) is 0. The van der Waals surface area contributed by atoms with Crippen LogP contribution in [0.2, 0.25) is 0 Å². The van der Waals surface area contributed by atoms with Crippen molar-refractivity contribution in [3.63, 3.8) is 0 Å². The van der Waals surface area contributed by atoms with Gasteiger partial charge in [0.15, 0.2) is 22.1 Å². The Balaban J connectivity index is 1.72. The Kier molecular flexibility index (Phi) is 3.66. The topological polar surface area (TPSA) is 52.1 Å². The van der Waals surface area contributed by atoms with Crippen molar-refractivity contribution in [2.45, 2.75) is 6.54 Å². The zero-order chi connectivity index (χ0) is 15.8. The lowest BCUT2D eigenvalue weighted by Gasteiger charge is -2.08. The van der Waals surface area contributed by atoms with Gasteiger partial charge in [-0.25, -0.2) is 0 Å². The second-order valence-corrected chi connectivity index (χ2v) is 6.44. The van der Waals surface area contributed by atoms with Crippen molar-refractivity contribution in [3.8, 4) is 22.9 Å². The fourth-order valence-electron chi connectivity index (χ4n) is 2.53. The minimum absolute atomic E-state index is 0.271. The Morgan fingerprint density at radius 3 is 2.91 bits per heavy atom. The Hall–Kier alpha value is -2.12. The second-order valence-electron chi connectivity index (χ2n) is 5.14. The summed E-state index contributed by atoms with van der Waals surface area (Å²) in [6.45, 7) is 0.876. The SMILES string of the molecule is S=c1[nH]nc(-c2cccc(Br)c2)n1Cc1ccc2c(c1)OCO2. The van der Waals surface area contributed by atoms with Gasteiger partial charge in [0.25, 0.3) is 0 Å². The van der Waals surface area contributed by atoms with E-state index < -0.39 is 0 Å². The van der Waals surface area contributed by atoms with Gasteiger partial charge in [0.05, 0.1) is 6.54 Å². The summed E-state index contributed by atoms with van der Waals surface area (Å²) in [5.74, 6) is 2.34. The Morgan fingerprint density at radius 2 is 2.04 bits per heavy atom. The molecule has 0 bridgehead atoms. The van der Waals surface area contributed by atoms with Crippen LogP contribution in [0, 0.1) is 4.77 Å². The zero-order valence-corrected chi connectivity index (χ0v) is 14.4. The monoisotopic (exact) mass is 389 g/mol. The molecule has 3 aromatic rings. The van der Waals surface area contributed by atoms with Gasteiger partial charge >= 0.3 is 0 Å². The van der Waals surface area contributed by atoms with Crippen molar-refractivity contribution < 1.29 is 9.47 Å². The first-order valence-corrected chi connectivity index (χ1v) is 8.20. The number of aromatic nitrogens is 3. The summed E-state index contributed by atoms with van der Waals surface area (Å²) >= 11 is 8.87. The fourth-order valence-corrected chi connectivity index (χ4v) is 3.13. The third kappa shape index (κ3) is 2.77. The molecule has 0 spiro atoms. The van der Waals surface area contributed by atoms with E-state index in [1.54, 1.807) is 0 Å². The van der Waals surface area contributed by atoms with Gasteiger partial charge in [-0.1, -0.05) is 34.1 Å². The first-order chi connectivity index (χ1) is 11.2. The molecule has 1 aliphatic heterocycles. The van der Waals surface area contributed by atoms with Gasteiger partial charge in [0, 0.05) is 10.0 Å². The molecule has 0 radical (unpaired) electrons. The van der Waals surface area contributed by atoms with Crippen molar-refractivity contribution in [2.75, 3.05) is 6.79 Å². The van der Waals surface area contributed by atoms with Crippen LogP contribution in [0.4, 0.5) is 0 Å². The summed E-state index contributed by atoms with van der Waals surface area (Å²) in [4.78, 5) is 0. The van der Waals surface area contributed by atoms with Gasteiger partial charge in [-0.15, -0.1) is 0 Å². The maximum atomic E-state index is 5.43. The molecule has 0 fully saturated rings. The largest absolute Gasteiger partial charge is 0.454 e. The quantitative estimate of drug-likeness (QED) is 0.683. The second kappa shape index (κ2) is 5.82. The van der Waals surface area contributed by atoms with Crippen molar-refractivity contribution in [3.05, 3.63) is 57.3 Å². The Labute approximate surface area is 146 Å². The van der Waals surface area contributed by atoms with Crippen molar-refractivity contribution >= 4 is 28.1 Å². The predicted octanol–water partition coefficient (Wildman–Crippen LogP) is 4.15. The summed E-state index contributed by atoms with van der Waals surface area (Å²) in [5, 5.41) is 7.24. The third-order valence-corrected chi connectivity index (χ3v) is 4.42. The van der Waals surface area contributed by atoms with E-state index in [4.69, 9.17) is 21.7 Å². The van der Waals surface area contributed by atoms with Gasteiger partial charge in [-0.2, -0.15) is 5.10 Å². The number of aromatic amines is 1. The molecular formula is C16H12BrN3O2S. The van der Waals surface area contributed by atoms with E-state index in [1.807, 2.05) is 47.0 Å². The van der Waals surface area contributed by atoms with Crippen LogP contribution in [-0.2, 0) is 6.54 Å². The maximum Gasteiger partial charge on any atom is 0.231 e. The zero-order valence-electron chi connectivity index (χ0n) is 12.0. The molecule has 0 aliphatic carbocycles. The molecule has 2 heterocycles. The van der Waals surface area contributed by atoms with Crippen molar-refractivity contribution in [1.82, 2.24) is 14.8 Å². The van der Waals surface area contributed by atoms with Crippen LogP contribution in [0.15, 0.2) is 46.9 Å². The van der Waals surface area contributed by atoms with Crippen LogP contribution in [0.5, 0.6) is 11.5 Å². The molecular weight excluding hydrogens is 378 g/mol. The number of hydrogen-bond donors (Lipinski definition) is 1. The molecule has 23 heavy (non-hydrogen) atoms. The number of rotatable bonds is 3. The molecule has 0 atom stereocenters. The normalized spacial score (nSPS) is 12.6. The highest BCUT2D eigenvalue weighted by molar-refractivity contribution is 9.10. The van der Waals surface area contributed by atoms with Gasteiger partial charge in [0.1, 0.15) is 0 Å². The number of halogens is 1. The number of nitrogens with one attached hydrogen (secondary N) is 1. The van der Waals surface area contributed by atoms with E-state index in [1.165, 1.54) is 0 Å². The maximum absolute atomic E-state index is 5.43. The lowest BCUT2D eigenvalue weighted by atomic mass is 10.2. The molecule has 4 rings (SSSR count). The van der Waals surface area contributed by atoms with Crippen LogP contribution < -0.4 is 9.47 Å². The molecule has 0 amide bonds. The molecule has 0 saturated carbocycles. The molecule has 0 unspecified atom stereocenters. The van der Waals surface area contributed by atoms with Gasteiger partial charge in [0.2, 0.25) is 6.79 Å². The van der Waals surface area contributed by atoms with Crippen molar-refractivity contribution in [2.24, 2.45) is 0 Å². The predicted molar refractivity (Wildman–Crippen MR) is 92.2 cm³/mol. The van der Waals surface area contributed by atoms with E-state index in [2.05, 4.69) is 26.1 Å². The highest BCUT2D eigenvalue weighted by Gasteiger charge is 2.15. The average molecular weight is 390 g/mol. The minimum atomic E-state index is 0.271. The molecule has 7 heteroatoms. The van der Waals surface area contributed by atoms with Crippen LogP contribution in [-0.4, -0.2) is 21.6 Å². The van der Waals surface area contributed by atoms with Crippen molar-refractivity contribution in [1.29, 1.82) is 0 Å². The average Bonchev–Trinajstić information content (AvgIpc) is 3.14. The molecule has 5 nitrogen and oxygen atoms in total. The lowest BCUT2D eigenvalue weighted by molar-refractivity contribution is 0.174. The lowest BCUT2D eigenvalue weighted by Crippen LogP contribution is -2.02. The molecule has 1 aromatic heterocycles. The highest BCUT2D eigenvalue weighted by atomic mass is 79.9. The van der Waals surface area contributed by atoms with Crippen LogP contribution in [0.1, 0.15) is 5.56 Å². The smallest absolute Gasteiger partial charge is 0.231 e. The summed E-state index contributed by atoms with van der Waals surface area (Å²) in [6, 6.07) is 13.9. The highest BCUT2D eigenvalue weighted by Crippen LogP contribution is 2.33. The number of benzene rings is 2. The molecule has 0 saturated heterocycles. The fraction of sp³-hybridized carbons (Fsp3) is 0.125. The van der Waals surface area contributed by atoms with E-state index in [-0.39, 0.29) is 6.79 Å². The van der Waals surface area contributed by atoms with E-state index in [0.717, 1.165) is 32.9 Å². The molecule has 1 N–H and O–H groups in total. The Bertz CT molecular complexity index is 935. The van der Waals surface area contributed by atoms with Gasteiger partial charge < -0.3 is 9.47 Å². The number of nitrogens with zero attached hydrogens (tertiary/aromatic N) is 2. The van der Waals surface area contributed by atoms with E-state index in [9.17, 15) is 0 Å². The third-order valence-electron chi connectivity index (χ3n) is 3.62.